The summed E-state index contributed by atoms with van der Waals surface area (Å²) < 4.78 is 4.59. The molecule has 9 nitrogen and oxygen atoms in total. The lowest BCUT2D eigenvalue weighted by Crippen LogP contribution is -2.35. The van der Waals surface area contributed by atoms with Crippen LogP contribution in [-0.2, 0) is 9.53 Å². The van der Waals surface area contributed by atoms with Gasteiger partial charge in [0.1, 0.15) is 18.3 Å². The first-order valence-electron chi connectivity index (χ1n) is 4.69. The number of carboxylic acids is 1. The van der Waals surface area contributed by atoms with Crippen molar-refractivity contribution >= 4 is 17.8 Å². The molecule has 1 aromatic rings. The first-order valence-corrected chi connectivity index (χ1v) is 4.69. The molecule has 96 valence electrons. The Kier molecular flexibility index (Phi) is 4.27. The van der Waals surface area contributed by atoms with E-state index in [0.29, 0.717) is 0 Å². The quantitative estimate of drug-likeness (QED) is 0.516. The van der Waals surface area contributed by atoms with Gasteiger partial charge in [0, 0.05) is 0 Å². The highest BCUT2D eigenvalue weighted by atomic mass is 16.5. The van der Waals surface area contributed by atoms with Crippen molar-refractivity contribution in [3.05, 3.63) is 23.8 Å². The maximum Gasteiger partial charge on any atom is 0.358 e. The molecule has 1 amide bonds. The zero-order valence-corrected chi connectivity index (χ0v) is 9.07. The third-order valence-corrected chi connectivity index (χ3v) is 1.82. The second-order valence-corrected chi connectivity index (χ2v) is 3.19. The summed E-state index contributed by atoms with van der Waals surface area (Å²) in [6.07, 6.45) is 2.00. The first kappa shape index (κ1) is 13.5. The maximum absolute atomic E-state index is 11.4. The van der Waals surface area contributed by atoms with Crippen molar-refractivity contribution in [2.75, 3.05) is 6.61 Å². The minimum absolute atomic E-state index is 0.103. The van der Waals surface area contributed by atoms with Crippen LogP contribution in [0.2, 0.25) is 0 Å². The molecule has 0 saturated heterocycles. The van der Waals surface area contributed by atoms with Gasteiger partial charge in [0.05, 0.1) is 12.4 Å². The second-order valence-electron chi connectivity index (χ2n) is 3.19. The fourth-order valence-electron chi connectivity index (χ4n) is 0.871. The highest BCUT2D eigenvalue weighted by Gasteiger charge is 2.16. The smallest absolute Gasteiger partial charge is 0.358 e. The van der Waals surface area contributed by atoms with Gasteiger partial charge in [-0.25, -0.2) is 14.8 Å². The average Bonchev–Trinajstić information content (AvgIpc) is 2.35. The van der Waals surface area contributed by atoms with Gasteiger partial charge in [-0.05, 0) is 0 Å². The summed E-state index contributed by atoms with van der Waals surface area (Å²) >= 11 is 0. The Hall–Kier alpha value is -2.55. The van der Waals surface area contributed by atoms with Crippen LogP contribution >= 0.6 is 0 Å². The molecule has 1 unspecified atom stereocenters. The molecule has 1 heterocycles. The Morgan fingerprint density at radius 3 is 2.28 bits per heavy atom. The summed E-state index contributed by atoms with van der Waals surface area (Å²) in [7, 11) is 0. The largest absolute Gasteiger partial charge is 0.480 e. The molecule has 9 heteroatoms. The molecule has 5 N–H and O–H groups in total. The molecule has 1 rings (SSSR count). The van der Waals surface area contributed by atoms with Crippen molar-refractivity contribution in [1.29, 1.82) is 0 Å². The Balaban J connectivity index is 2.62. The number of hydrogen-bond acceptors (Lipinski definition) is 7. The minimum atomic E-state index is -1.31. The van der Waals surface area contributed by atoms with E-state index in [1.54, 1.807) is 0 Å². The highest BCUT2D eigenvalue weighted by Crippen LogP contribution is 1.98. The van der Waals surface area contributed by atoms with E-state index in [2.05, 4.69) is 14.7 Å². The lowest BCUT2D eigenvalue weighted by Gasteiger charge is -2.07. The van der Waals surface area contributed by atoms with Crippen LogP contribution in [0.3, 0.4) is 0 Å². The van der Waals surface area contributed by atoms with Crippen LogP contribution in [0.15, 0.2) is 12.4 Å². The minimum Gasteiger partial charge on any atom is -0.480 e. The number of nitrogens with two attached hydrogens (primary N) is 2. The lowest BCUT2D eigenvalue weighted by molar-refractivity contribution is -0.139. The number of aliphatic carboxylic acids is 1. The third kappa shape index (κ3) is 3.49. The van der Waals surface area contributed by atoms with Gasteiger partial charge in [0.15, 0.2) is 5.69 Å². The number of carboxylic acid groups (broad SMARTS) is 1. The number of rotatable bonds is 5. The van der Waals surface area contributed by atoms with E-state index in [4.69, 9.17) is 16.6 Å². The molecule has 0 bridgehead atoms. The molecule has 0 aliphatic carbocycles. The van der Waals surface area contributed by atoms with Crippen LogP contribution < -0.4 is 11.5 Å². The Morgan fingerprint density at radius 2 is 1.83 bits per heavy atom. The van der Waals surface area contributed by atoms with E-state index >= 15 is 0 Å². The molecule has 0 spiro atoms. The number of nitrogens with zero attached hydrogens (tertiary/aromatic N) is 2. The summed E-state index contributed by atoms with van der Waals surface area (Å²) in [5, 5.41) is 8.47. The van der Waals surface area contributed by atoms with E-state index in [9.17, 15) is 14.4 Å². The lowest BCUT2D eigenvalue weighted by atomic mass is 10.3. The summed E-state index contributed by atoms with van der Waals surface area (Å²) in [4.78, 5) is 39.6. The number of carbonyl (C=O) groups excluding carboxylic acids is 2. The van der Waals surface area contributed by atoms with Crippen LogP contribution in [0.1, 0.15) is 21.0 Å². The number of ether oxygens (including phenoxy) is 1. The molecule has 0 saturated carbocycles. The topological polar surface area (TPSA) is 158 Å². The normalized spacial score (nSPS) is 11.6. The standard InChI is InChI=1S/C9H10N4O5/c10-4(8(15)16)3-18-9(17)6-2-12-5(1-13-6)7(11)14/h1-2,4H,3,10H2,(H2,11,14)(H,15,16). The zero-order chi connectivity index (χ0) is 13.7. The van der Waals surface area contributed by atoms with Gasteiger partial charge in [-0.3, -0.25) is 9.59 Å². The van der Waals surface area contributed by atoms with Crippen molar-refractivity contribution in [2.24, 2.45) is 11.5 Å². The fraction of sp³-hybridized carbons (Fsp3) is 0.222. The molecule has 0 aliphatic rings. The predicted molar refractivity (Wildman–Crippen MR) is 56.4 cm³/mol. The maximum atomic E-state index is 11.4. The first-order chi connectivity index (χ1) is 8.41. The van der Waals surface area contributed by atoms with E-state index in [1.165, 1.54) is 0 Å². The summed E-state index contributed by atoms with van der Waals surface area (Å²) in [6, 6.07) is -1.31. The van der Waals surface area contributed by atoms with Gasteiger partial charge in [-0.15, -0.1) is 0 Å². The third-order valence-electron chi connectivity index (χ3n) is 1.82. The van der Waals surface area contributed by atoms with Crippen molar-refractivity contribution in [1.82, 2.24) is 9.97 Å². The van der Waals surface area contributed by atoms with E-state index < -0.39 is 30.5 Å². The van der Waals surface area contributed by atoms with E-state index in [1.807, 2.05) is 0 Å². The highest BCUT2D eigenvalue weighted by molar-refractivity contribution is 5.91. The molecule has 0 fully saturated rings. The molecule has 0 aliphatic heterocycles. The average molecular weight is 254 g/mol. The SMILES string of the molecule is NC(=O)c1cnc(C(=O)OCC(N)C(=O)O)cn1. The fourth-order valence-corrected chi connectivity index (χ4v) is 0.871. The molecular weight excluding hydrogens is 244 g/mol. The number of aromatic nitrogens is 2. The van der Waals surface area contributed by atoms with Crippen LogP contribution in [0, 0.1) is 0 Å². The van der Waals surface area contributed by atoms with Gasteiger partial charge >= 0.3 is 11.9 Å². The van der Waals surface area contributed by atoms with Crippen LogP contribution in [0.5, 0.6) is 0 Å². The summed E-state index contributed by atoms with van der Waals surface area (Å²) in [5.41, 5.74) is 9.78. The number of primary amides is 1. The number of hydrogen-bond donors (Lipinski definition) is 3. The van der Waals surface area contributed by atoms with Crippen LogP contribution in [0.25, 0.3) is 0 Å². The Labute approximate surface area is 101 Å². The predicted octanol–water partition coefficient (Wildman–Crippen LogP) is -1.86. The van der Waals surface area contributed by atoms with Crippen molar-refractivity contribution in [2.45, 2.75) is 6.04 Å². The molecule has 18 heavy (non-hydrogen) atoms. The van der Waals surface area contributed by atoms with Gasteiger partial charge < -0.3 is 21.3 Å². The number of carbonyl (C=O) groups is 3. The summed E-state index contributed by atoms with van der Waals surface area (Å²) in [6.45, 7) is -0.493. The van der Waals surface area contributed by atoms with Gasteiger partial charge in [0.2, 0.25) is 0 Å². The van der Waals surface area contributed by atoms with Crippen molar-refractivity contribution < 1.29 is 24.2 Å². The summed E-state index contributed by atoms with van der Waals surface area (Å²) in [5.74, 6) is -2.97. The number of amides is 1. The zero-order valence-electron chi connectivity index (χ0n) is 9.07. The van der Waals surface area contributed by atoms with Crippen LogP contribution in [-0.4, -0.2) is 45.6 Å². The molecule has 0 radical (unpaired) electrons. The van der Waals surface area contributed by atoms with E-state index in [-0.39, 0.29) is 11.4 Å². The molecular formula is C9H10N4O5. The van der Waals surface area contributed by atoms with Gasteiger partial charge in [-0.1, -0.05) is 0 Å². The Bertz CT molecular complexity index is 472. The molecule has 1 aromatic heterocycles. The number of esters is 1. The van der Waals surface area contributed by atoms with Crippen molar-refractivity contribution in [3.63, 3.8) is 0 Å². The van der Waals surface area contributed by atoms with E-state index in [0.717, 1.165) is 12.4 Å². The van der Waals surface area contributed by atoms with Crippen molar-refractivity contribution in [3.8, 4) is 0 Å². The monoisotopic (exact) mass is 254 g/mol. The second kappa shape index (κ2) is 5.68. The molecule has 1 atom stereocenters. The van der Waals surface area contributed by atoms with Gasteiger partial charge in [0.25, 0.3) is 5.91 Å². The van der Waals surface area contributed by atoms with Crippen LogP contribution in [0.4, 0.5) is 0 Å². The Morgan fingerprint density at radius 1 is 1.28 bits per heavy atom. The molecule has 0 aromatic carbocycles. The van der Waals surface area contributed by atoms with Gasteiger partial charge in [-0.2, -0.15) is 0 Å².